The van der Waals surface area contributed by atoms with Crippen LogP contribution < -0.4 is 15.7 Å². The van der Waals surface area contributed by atoms with Crippen LogP contribution in [0.4, 0.5) is 0 Å². The highest BCUT2D eigenvalue weighted by Gasteiger charge is 2.37. The summed E-state index contributed by atoms with van der Waals surface area (Å²) < 4.78 is 34.0. The van der Waals surface area contributed by atoms with E-state index in [-0.39, 0.29) is 23.5 Å². The molecule has 8 nitrogen and oxygen atoms in total. The van der Waals surface area contributed by atoms with Crippen molar-refractivity contribution in [3.8, 4) is 5.75 Å². The molecule has 3 rings (SSSR count). The summed E-state index contributed by atoms with van der Waals surface area (Å²) in [5.41, 5.74) is 1.32. The standard InChI is InChI=1S/C20H23NO7S/c1-11(2)8-27-13-4-5-14-12(3)15(20(24)28-18(14)6-13)7-19(23)21-16-9-29(25,26)10-17(16)22/h4-6,16-17,22H,1,7-10H2,2-3H3,(H,21,23). The van der Waals surface area contributed by atoms with E-state index < -0.39 is 33.5 Å². The van der Waals surface area contributed by atoms with Crippen LogP contribution in [0.25, 0.3) is 11.0 Å². The van der Waals surface area contributed by atoms with Gasteiger partial charge < -0.3 is 19.6 Å². The summed E-state index contributed by atoms with van der Waals surface area (Å²) >= 11 is 0. The Hall–Kier alpha value is -2.65. The number of ether oxygens (including phenoxy) is 1. The van der Waals surface area contributed by atoms with Gasteiger partial charge in [-0.25, -0.2) is 13.2 Å². The molecule has 1 aliphatic heterocycles. The van der Waals surface area contributed by atoms with E-state index >= 15 is 0 Å². The molecule has 1 aromatic heterocycles. The average Bonchev–Trinajstić information content (AvgIpc) is 2.88. The highest BCUT2D eigenvalue weighted by Crippen LogP contribution is 2.24. The van der Waals surface area contributed by atoms with Crippen LogP contribution in [0.2, 0.25) is 0 Å². The summed E-state index contributed by atoms with van der Waals surface area (Å²) in [6.45, 7) is 7.66. The number of aliphatic hydroxyl groups excluding tert-OH is 1. The number of nitrogens with one attached hydrogen (secondary N) is 1. The van der Waals surface area contributed by atoms with Gasteiger partial charge in [0.15, 0.2) is 9.84 Å². The highest BCUT2D eigenvalue weighted by molar-refractivity contribution is 7.91. The largest absolute Gasteiger partial charge is 0.489 e. The lowest BCUT2D eigenvalue weighted by molar-refractivity contribution is -0.121. The number of carbonyl (C=O) groups is 1. The van der Waals surface area contributed by atoms with Gasteiger partial charge in [-0.05, 0) is 37.1 Å². The molecule has 1 amide bonds. The minimum atomic E-state index is -3.38. The fourth-order valence-electron chi connectivity index (χ4n) is 3.26. The van der Waals surface area contributed by atoms with E-state index in [1.807, 2.05) is 6.92 Å². The molecule has 0 saturated carbocycles. The maximum Gasteiger partial charge on any atom is 0.340 e. The van der Waals surface area contributed by atoms with Gasteiger partial charge in [-0.2, -0.15) is 0 Å². The Bertz CT molecular complexity index is 1130. The Morgan fingerprint density at radius 1 is 1.38 bits per heavy atom. The van der Waals surface area contributed by atoms with E-state index in [4.69, 9.17) is 9.15 Å². The van der Waals surface area contributed by atoms with Crippen LogP contribution in [0.3, 0.4) is 0 Å². The first kappa shape index (κ1) is 21.1. The fourth-order valence-corrected chi connectivity index (χ4v) is 5.00. The van der Waals surface area contributed by atoms with Gasteiger partial charge >= 0.3 is 5.63 Å². The second kappa shape index (κ2) is 8.00. The van der Waals surface area contributed by atoms with Gasteiger partial charge in [-0.3, -0.25) is 4.79 Å². The van der Waals surface area contributed by atoms with Gasteiger partial charge in [-0.15, -0.1) is 0 Å². The molecule has 1 fully saturated rings. The van der Waals surface area contributed by atoms with Crippen LogP contribution in [0.15, 0.2) is 39.6 Å². The maximum absolute atomic E-state index is 12.4. The van der Waals surface area contributed by atoms with E-state index in [2.05, 4.69) is 11.9 Å². The van der Waals surface area contributed by atoms with Crippen molar-refractivity contribution in [2.75, 3.05) is 18.1 Å². The Morgan fingerprint density at radius 3 is 2.72 bits per heavy atom. The van der Waals surface area contributed by atoms with Crippen LogP contribution in [0, 0.1) is 6.92 Å². The van der Waals surface area contributed by atoms with Crippen molar-refractivity contribution in [2.24, 2.45) is 0 Å². The van der Waals surface area contributed by atoms with Gasteiger partial charge in [0, 0.05) is 11.5 Å². The first-order valence-corrected chi connectivity index (χ1v) is 10.9. The number of amides is 1. The SMILES string of the molecule is C=C(C)COc1ccc2c(C)c(CC(=O)NC3CS(=O)(=O)CC3O)c(=O)oc2c1. The molecule has 2 heterocycles. The number of rotatable bonds is 6. The molecule has 29 heavy (non-hydrogen) atoms. The number of hydrogen-bond acceptors (Lipinski definition) is 7. The second-order valence-electron chi connectivity index (χ2n) is 7.39. The molecule has 0 aliphatic carbocycles. The van der Waals surface area contributed by atoms with Crippen LogP contribution in [0.5, 0.6) is 5.75 Å². The molecular weight excluding hydrogens is 398 g/mol. The maximum atomic E-state index is 12.4. The Morgan fingerprint density at radius 2 is 2.10 bits per heavy atom. The molecular formula is C20H23NO7S. The smallest absolute Gasteiger partial charge is 0.340 e. The van der Waals surface area contributed by atoms with Gasteiger partial charge in [0.25, 0.3) is 0 Å². The molecule has 1 aliphatic rings. The monoisotopic (exact) mass is 421 g/mol. The quantitative estimate of drug-likeness (QED) is 0.524. The van der Waals surface area contributed by atoms with E-state index in [0.717, 1.165) is 5.57 Å². The lowest BCUT2D eigenvalue weighted by Gasteiger charge is -2.15. The Labute approximate surface area is 168 Å². The van der Waals surface area contributed by atoms with Crippen LogP contribution in [0.1, 0.15) is 18.1 Å². The number of sulfone groups is 1. The zero-order chi connectivity index (χ0) is 21.3. The molecule has 2 aromatic rings. The summed E-state index contributed by atoms with van der Waals surface area (Å²) in [7, 11) is -3.38. The third-order valence-corrected chi connectivity index (χ3v) is 6.47. The number of carbonyl (C=O) groups excluding carboxylic acids is 1. The van der Waals surface area contributed by atoms with E-state index in [9.17, 15) is 23.1 Å². The number of aliphatic hydroxyl groups is 1. The predicted molar refractivity (Wildman–Crippen MR) is 108 cm³/mol. The molecule has 156 valence electrons. The van der Waals surface area contributed by atoms with E-state index in [1.54, 1.807) is 25.1 Å². The summed E-state index contributed by atoms with van der Waals surface area (Å²) in [6, 6.07) is 4.21. The summed E-state index contributed by atoms with van der Waals surface area (Å²) in [4.78, 5) is 24.8. The predicted octanol–water partition coefficient (Wildman–Crippen LogP) is 0.873. The molecule has 0 bridgehead atoms. The van der Waals surface area contributed by atoms with Crippen molar-refractivity contribution in [1.29, 1.82) is 0 Å². The number of aryl methyl sites for hydroxylation is 1. The third kappa shape index (κ3) is 4.86. The Kier molecular flexibility index (Phi) is 5.81. The van der Waals surface area contributed by atoms with Gasteiger partial charge in [-0.1, -0.05) is 6.58 Å². The second-order valence-corrected chi connectivity index (χ2v) is 9.55. The minimum Gasteiger partial charge on any atom is -0.489 e. The molecule has 9 heteroatoms. The normalized spacial score (nSPS) is 20.5. The highest BCUT2D eigenvalue weighted by atomic mass is 32.2. The van der Waals surface area contributed by atoms with Crippen LogP contribution >= 0.6 is 0 Å². The minimum absolute atomic E-state index is 0.181. The molecule has 2 N–H and O–H groups in total. The van der Waals surface area contributed by atoms with Crippen molar-refractivity contribution < 1.29 is 27.5 Å². The fraction of sp³-hybridized carbons (Fsp3) is 0.400. The van der Waals surface area contributed by atoms with E-state index in [0.29, 0.717) is 28.9 Å². The average molecular weight is 421 g/mol. The van der Waals surface area contributed by atoms with Gasteiger partial charge in [0.2, 0.25) is 5.91 Å². The molecule has 0 spiro atoms. The number of benzene rings is 1. The first-order chi connectivity index (χ1) is 13.6. The van der Waals surface area contributed by atoms with E-state index in [1.165, 1.54) is 0 Å². The van der Waals surface area contributed by atoms with Crippen molar-refractivity contribution in [3.05, 3.63) is 51.9 Å². The lowest BCUT2D eigenvalue weighted by atomic mass is 10.0. The van der Waals surface area contributed by atoms with Crippen LogP contribution in [-0.2, 0) is 21.1 Å². The van der Waals surface area contributed by atoms with Crippen molar-refractivity contribution in [3.63, 3.8) is 0 Å². The summed E-state index contributed by atoms with van der Waals surface area (Å²) in [5, 5.41) is 13.0. The zero-order valence-corrected chi connectivity index (χ0v) is 17.0. The third-order valence-electron chi connectivity index (χ3n) is 4.75. The molecule has 0 radical (unpaired) electrons. The Balaban J connectivity index is 1.80. The molecule has 2 unspecified atom stereocenters. The van der Waals surface area contributed by atoms with Crippen molar-refractivity contribution in [2.45, 2.75) is 32.4 Å². The van der Waals surface area contributed by atoms with Gasteiger partial charge in [0.1, 0.15) is 17.9 Å². The molecule has 1 saturated heterocycles. The summed E-state index contributed by atoms with van der Waals surface area (Å²) in [5.74, 6) is -0.726. The topological polar surface area (TPSA) is 123 Å². The zero-order valence-electron chi connectivity index (χ0n) is 16.2. The number of hydrogen-bond donors (Lipinski definition) is 2. The van der Waals surface area contributed by atoms with Crippen molar-refractivity contribution >= 4 is 26.7 Å². The van der Waals surface area contributed by atoms with Gasteiger partial charge in [0.05, 0.1) is 35.6 Å². The number of fused-ring (bicyclic) bond motifs is 1. The van der Waals surface area contributed by atoms with Crippen molar-refractivity contribution in [1.82, 2.24) is 5.32 Å². The molecule has 2 atom stereocenters. The summed E-state index contributed by atoms with van der Waals surface area (Å²) in [6.07, 6.45) is -1.43. The lowest BCUT2D eigenvalue weighted by Crippen LogP contribution is -2.43. The molecule has 1 aromatic carbocycles. The first-order valence-electron chi connectivity index (χ1n) is 9.07. The van der Waals surface area contributed by atoms with Crippen LogP contribution in [-0.4, -0.2) is 49.7 Å².